The summed E-state index contributed by atoms with van der Waals surface area (Å²) in [5, 5.41) is 3.33. The molecule has 0 aromatic heterocycles. The van der Waals surface area contributed by atoms with Gasteiger partial charge in [0.15, 0.2) is 0 Å². The Balaban J connectivity index is 2.12. The Labute approximate surface area is 93.2 Å². The topological polar surface area (TPSA) is 32.3 Å². The van der Waals surface area contributed by atoms with E-state index in [2.05, 4.69) is 10.2 Å². The van der Waals surface area contributed by atoms with Gasteiger partial charge in [-0.3, -0.25) is 4.79 Å². The van der Waals surface area contributed by atoms with Gasteiger partial charge in [0, 0.05) is 38.0 Å². The number of rotatable bonds is 4. The van der Waals surface area contributed by atoms with E-state index < -0.39 is 0 Å². The first-order valence-corrected chi connectivity index (χ1v) is 5.96. The Kier molecular flexibility index (Phi) is 4.74. The highest BCUT2D eigenvalue weighted by Gasteiger charge is 2.20. The first-order chi connectivity index (χ1) is 7.00. The summed E-state index contributed by atoms with van der Waals surface area (Å²) >= 11 is 0. The van der Waals surface area contributed by atoms with E-state index in [1.165, 1.54) is 0 Å². The van der Waals surface area contributed by atoms with Crippen LogP contribution < -0.4 is 5.32 Å². The van der Waals surface area contributed by atoms with Crippen LogP contribution >= 0.6 is 0 Å². The van der Waals surface area contributed by atoms with E-state index >= 15 is 0 Å². The van der Waals surface area contributed by atoms with Crippen molar-refractivity contribution in [3.63, 3.8) is 0 Å². The number of hydrogen-bond donors (Lipinski definition) is 1. The molecular weight excluding hydrogens is 188 g/mol. The molecule has 0 aromatic carbocycles. The number of nitrogens with zero attached hydrogens (tertiary/aromatic N) is 1. The van der Waals surface area contributed by atoms with E-state index in [1.807, 2.05) is 20.8 Å². The van der Waals surface area contributed by atoms with Gasteiger partial charge in [0.2, 0.25) is 0 Å². The summed E-state index contributed by atoms with van der Waals surface area (Å²) in [6, 6.07) is 0. The van der Waals surface area contributed by atoms with Crippen molar-refractivity contribution in [2.24, 2.45) is 5.41 Å². The Morgan fingerprint density at radius 3 is 2.40 bits per heavy atom. The van der Waals surface area contributed by atoms with Gasteiger partial charge in [-0.1, -0.05) is 20.8 Å². The monoisotopic (exact) mass is 212 g/mol. The molecule has 0 bridgehead atoms. The quantitative estimate of drug-likeness (QED) is 0.762. The first kappa shape index (κ1) is 12.7. The van der Waals surface area contributed by atoms with Gasteiger partial charge in [-0.2, -0.15) is 0 Å². The molecule has 15 heavy (non-hydrogen) atoms. The van der Waals surface area contributed by atoms with Crippen LogP contribution in [0.4, 0.5) is 0 Å². The number of piperazine rings is 1. The highest BCUT2D eigenvalue weighted by atomic mass is 16.1. The molecule has 88 valence electrons. The summed E-state index contributed by atoms with van der Waals surface area (Å²) in [7, 11) is 0. The van der Waals surface area contributed by atoms with Crippen molar-refractivity contribution in [2.75, 3.05) is 32.7 Å². The molecule has 1 heterocycles. The molecule has 1 N–H and O–H groups in total. The minimum atomic E-state index is -0.163. The highest BCUT2D eigenvalue weighted by molar-refractivity contribution is 5.83. The van der Waals surface area contributed by atoms with Crippen LogP contribution in [0.25, 0.3) is 0 Å². The minimum absolute atomic E-state index is 0.163. The van der Waals surface area contributed by atoms with Crippen molar-refractivity contribution < 1.29 is 4.79 Å². The van der Waals surface area contributed by atoms with Gasteiger partial charge in [0.05, 0.1) is 0 Å². The zero-order valence-electron chi connectivity index (χ0n) is 10.3. The SMILES string of the molecule is CC(C)(C)C(=O)CCCN1CCNCC1. The standard InChI is InChI=1S/C12H24N2O/c1-12(2,3)11(15)5-4-8-14-9-6-13-7-10-14/h13H,4-10H2,1-3H3. The number of carbonyl (C=O) groups is 1. The van der Waals surface area contributed by atoms with Crippen LogP contribution in [0, 0.1) is 5.41 Å². The van der Waals surface area contributed by atoms with E-state index in [0.29, 0.717) is 5.78 Å². The van der Waals surface area contributed by atoms with Gasteiger partial charge in [0.25, 0.3) is 0 Å². The Morgan fingerprint density at radius 2 is 1.87 bits per heavy atom. The molecule has 0 atom stereocenters. The van der Waals surface area contributed by atoms with Crippen molar-refractivity contribution in [3.05, 3.63) is 0 Å². The van der Waals surface area contributed by atoms with Gasteiger partial charge in [-0.05, 0) is 13.0 Å². The molecule has 0 aromatic rings. The van der Waals surface area contributed by atoms with Crippen LogP contribution in [-0.2, 0) is 4.79 Å². The smallest absolute Gasteiger partial charge is 0.138 e. The summed E-state index contributed by atoms with van der Waals surface area (Å²) in [5.41, 5.74) is -0.163. The van der Waals surface area contributed by atoms with Crippen molar-refractivity contribution in [1.82, 2.24) is 10.2 Å². The summed E-state index contributed by atoms with van der Waals surface area (Å²) in [6.07, 6.45) is 1.74. The number of ketones is 1. The lowest BCUT2D eigenvalue weighted by Gasteiger charge is -2.27. The molecule has 0 unspecified atom stereocenters. The lowest BCUT2D eigenvalue weighted by atomic mass is 9.88. The zero-order chi connectivity index (χ0) is 11.3. The third-order valence-corrected chi connectivity index (χ3v) is 2.92. The largest absolute Gasteiger partial charge is 0.314 e. The third-order valence-electron chi connectivity index (χ3n) is 2.92. The van der Waals surface area contributed by atoms with E-state index in [1.54, 1.807) is 0 Å². The van der Waals surface area contributed by atoms with Crippen molar-refractivity contribution in [1.29, 1.82) is 0 Å². The van der Waals surface area contributed by atoms with Crippen molar-refractivity contribution in [3.8, 4) is 0 Å². The predicted octanol–water partition coefficient (Wildman–Crippen LogP) is 1.29. The van der Waals surface area contributed by atoms with Crippen molar-refractivity contribution in [2.45, 2.75) is 33.6 Å². The maximum absolute atomic E-state index is 11.7. The van der Waals surface area contributed by atoms with Crippen LogP contribution in [0.5, 0.6) is 0 Å². The lowest BCUT2D eigenvalue weighted by Crippen LogP contribution is -2.43. The fraction of sp³-hybridized carbons (Fsp3) is 0.917. The van der Waals surface area contributed by atoms with E-state index in [-0.39, 0.29) is 5.41 Å². The minimum Gasteiger partial charge on any atom is -0.314 e. The molecule has 1 aliphatic rings. The second kappa shape index (κ2) is 5.61. The summed E-state index contributed by atoms with van der Waals surface area (Å²) in [6.45, 7) is 11.5. The van der Waals surface area contributed by atoms with Gasteiger partial charge >= 0.3 is 0 Å². The average Bonchev–Trinajstić information content (AvgIpc) is 2.18. The van der Waals surface area contributed by atoms with Crippen LogP contribution in [0.2, 0.25) is 0 Å². The molecule has 0 radical (unpaired) electrons. The molecule has 0 spiro atoms. The van der Waals surface area contributed by atoms with E-state index in [0.717, 1.165) is 45.6 Å². The second-order valence-electron chi connectivity index (χ2n) is 5.37. The molecular formula is C12H24N2O. The fourth-order valence-electron chi connectivity index (χ4n) is 1.77. The van der Waals surface area contributed by atoms with Gasteiger partial charge in [-0.25, -0.2) is 0 Å². The maximum atomic E-state index is 11.7. The molecule has 3 heteroatoms. The zero-order valence-corrected chi connectivity index (χ0v) is 10.3. The highest BCUT2D eigenvalue weighted by Crippen LogP contribution is 2.17. The first-order valence-electron chi connectivity index (χ1n) is 5.96. The lowest BCUT2D eigenvalue weighted by molar-refractivity contribution is -0.126. The van der Waals surface area contributed by atoms with Gasteiger partial charge < -0.3 is 10.2 Å². The summed E-state index contributed by atoms with van der Waals surface area (Å²) < 4.78 is 0. The molecule has 1 rings (SSSR count). The number of nitrogens with one attached hydrogen (secondary N) is 1. The van der Waals surface area contributed by atoms with Crippen molar-refractivity contribution >= 4 is 5.78 Å². The molecule has 3 nitrogen and oxygen atoms in total. The summed E-state index contributed by atoms with van der Waals surface area (Å²) in [4.78, 5) is 14.1. The Bertz CT molecular complexity index is 202. The van der Waals surface area contributed by atoms with Crippen LogP contribution in [0.3, 0.4) is 0 Å². The summed E-state index contributed by atoms with van der Waals surface area (Å²) in [5.74, 6) is 0.387. The van der Waals surface area contributed by atoms with Crippen LogP contribution in [0.1, 0.15) is 33.6 Å². The molecule has 1 aliphatic heterocycles. The molecule has 0 saturated carbocycles. The van der Waals surface area contributed by atoms with Gasteiger partial charge in [-0.15, -0.1) is 0 Å². The number of carbonyl (C=O) groups excluding carboxylic acids is 1. The molecule has 1 fully saturated rings. The van der Waals surface area contributed by atoms with E-state index in [4.69, 9.17) is 0 Å². The molecule has 0 aliphatic carbocycles. The Hall–Kier alpha value is -0.410. The molecule has 1 saturated heterocycles. The predicted molar refractivity (Wildman–Crippen MR) is 63.0 cm³/mol. The van der Waals surface area contributed by atoms with Crippen LogP contribution in [0.15, 0.2) is 0 Å². The average molecular weight is 212 g/mol. The number of hydrogen-bond acceptors (Lipinski definition) is 3. The Morgan fingerprint density at radius 1 is 1.27 bits per heavy atom. The van der Waals surface area contributed by atoms with Gasteiger partial charge in [0.1, 0.15) is 5.78 Å². The molecule has 0 amide bonds. The fourth-order valence-corrected chi connectivity index (χ4v) is 1.77. The maximum Gasteiger partial charge on any atom is 0.138 e. The van der Waals surface area contributed by atoms with Crippen LogP contribution in [-0.4, -0.2) is 43.4 Å². The van der Waals surface area contributed by atoms with E-state index in [9.17, 15) is 4.79 Å². The number of Topliss-reactive ketones (excluding diaryl/α,β-unsaturated/α-hetero) is 1. The third kappa shape index (κ3) is 4.76. The normalized spacial score (nSPS) is 19.1. The second-order valence-corrected chi connectivity index (χ2v) is 5.37.